The number of nitrogen functional groups attached to an aromatic ring is 1. The number of hydrogen-bond acceptors (Lipinski definition) is 2. The molecule has 0 aliphatic heterocycles. The monoisotopic (exact) mass is 287 g/mol. The van der Waals surface area contributed by atoms with E-state index in [1.165, 1.54) is 0 Å². The zero-order valence-electron chi connectivity index (χ0n) is 7.13. The minimum Gasteiger partial charge on any atom is -0.398 e. The van der Waals surface area contributed by atoms with Gasteiger partial charge in [-0.15, -0.1) is 0 Å². The van der Waals surface area contributed by atoms with Gasteiger partial charge in [-0.05, 0) is 39.5 Å². The van der Waals surface area contributed by atoms with Crippen molar-refractivity contribution in [1.29, 1.82) is 0 Å². The van der Waals surface area contributed by atoms with Crippen molar-refractivity contribution >= 4 is 44.6 Å². The molecular formula is C10H7BrClNS. The van der Waals surface area contributed by atoms with Gasteiger partial charge in [0.2, 0.25) is 0 Å². The predicted molar refractivity (Wildman–Crippen MR) is 66.9 cm³/mol. The first-order valence-corrected chi connectivity index (χ1v) is 6.07. The number of nitrogens with two attached hydrogens (primary N) is 1. The lowest BCUT2D eigenvalue weighted by Gasteiger charge is -2.04. The summed E-state index contributed by atoms with van der Waals surface area (Å²) in [6, 6.07) is 5.49. The van der Waals surface area contributed by atoms with Crippen LogP contribution in [0.2, 0.25) is 5.02 Å². The molecule has 72 valence electrons. The summed E-state index contributed by atoms with van der Waals surface area (Å²) in [4.78, 5) is 0. The van der Waals surface area contributed by atoms with Gasteiger partial charge in [0.25, 0.3) is 0 Å². The molecule has 0 aliphatic carbocycles. The van der Waals surface area contributed by atoms with Crippen LogP contribution in [0.5, 0.6) is 0 Å². The van der Waals surface area contributed by atoms with Crippen molar-refractivity contribution in [3.8, 4) is 11.1 Å². The average molecular weight is 289 g/mol. The summed E-state index contributed by atoms with van der Waals surface area (Å²) in [7, 11) is 0. The molecule has 0 atom stereocenters. The zero-order valence-corrected chi connectivity index (χ0v) is 10.3. The lowest BCUT2D eigenvalue weighted by atomic mass is 10.1. The molecule has 0 amide bonds. The summed E-state index contributed by atoms with van der Waals surface area (Å²) in [5.74, 6) is 0. The summed E-state index contributed by atoms with van der Waals surface area (Å²) in [6.07, 6.45) is 0. The number of anilines is 1. The van der Waals surface area contributed by atoms with Crippen molar-refractivity contribution in [2.45, 2.75) is 0 Å². The number of hydrogen-bond donors (Lipinski definition) is 1. The second kappa shape index (κ2) is 3.93. The van der Waals surface area contributed by atoms with Gasteiger partial charge in [0, 0.05) is 31.7 Å². The fraction of sp³-hybridized carbons (Fsp3) is 0. The Kier molecular flexibility index (Phi) is 2.81. The molecule has 2 N–H and O–H groups in total. The molecule has 1 heterocycles. The third-order valence-corrected chi connectivity index (χ3v) is 3.86. The Morgan fingerprint density at radius 1 is 1.21 bits per heavy atom. The smallest absolute Gasteiger partial charge is 0.0413 e. The van der Waals surface area contributed by atoms with Crippen LogP contribution in [-0.2, 0) is 0 Å². The van der Waals surface area contributed by atoms with Crippen LogP contribution in [0.3, 0.4) is 0 Å². The largest absolute Gasteiger partial charge is 0.398 e. The van der Waals surface area contributed by atoms with Crippen LogP contribution in [-0.4, -0.2) is 0 Å². The highest BCUT2D eigenvalue weighted by atomic mass is 79.9. The molecule has 1 aromatic carbocycles. The molecule has 0 aliphatic rings. The van der Waals surface area contributed by atoms with E-state index >= 15 is 0 Å². The van der Waals surface area contributed by atoms with Crippen LogP contribution in [0.1, 0.15) is 0 Å². The van der Waals surface area contributed by atoms with E-state index in [1.807, 2.05) is 22.9 Å². The third kappa shape index (κ3) is 1.80. The normalized spacial score (nSPS) is 10.4. The molecule has 0 bridgehead atoms. The SMILES string of the molecule is Nc1ccc(Cl)cc1-c1cscc1Br. The van der Waals surface area contributed by atoms with Crippen molar-refractivity contribution < 1.29 is 0 Å². The van der Waals surface area contributed by atoms with Gasteiger partial charge in [-0.3, -0.25) is 0 Å². The lowest BCUT2D eigenvalue weighted by molar-refractivity contribution is 1.64. The van der Waals surface area contributed by atoms with Gasteiger partial charge in [0.15, 0.2) is 0 Å². The maximum absolute atomic E-state index is 5.92. The Labute approximate surface area is 99.6 Å². The molecule has 0 unspecified atom stereocenters. The molecule has 14 heavy (non-hydrogen) atoms. The second-order valence-corrected chi connectivity index (χ2v) is 4.90. The molecule has 0 fully saturated rings. The van der Waals surface area contributed by atoms with E-state index in [0.717, 1.165) is 21.3 Å². The number of halogens is 2. The van der Waals surface area contributed by atoms with Gasteiger partial charge in [-0.2, -0.15) is 11.3 Å². The maximum atomic E-state index is 5.92. The highest BCUT2D eigenvalue weighted by Gasteiger charge is 2.07. The number of rotatable bonds is 1. The molecule has 0 spiro atoms. The molecular weight excluding hydrogens is 282 g/mol. The Hall–Kier alpha value is -0.510. The molecule has 2 rings (SSSR count). The van der Waals surface area contributed by atoms with Gasteiger partial charge in [0.05, 0.1) is 0 Å². The van der Waals surface area contributed by atoms with Crippen molar-refractivity contribution in [1.82, 2.24) is 0 Å². The van der Waals surface area contributed by atoms with Gasteiger partial charge < -0.3 is 5.73 Å². The Morgan fingerprint density at radius 2 is 2.00 bits per heavy atom. The van der Waals surface area contributed by atoms with E-state index in [1.54, 1.807) is 17.4 Å². The van der Waals surface area contributed by atoms with E-state index in [0.29, 0.717) is 5.02 Å². The highest BCUT2D eigenvalue weighted by Crippen LogP contribution is 2.36. The van der Waals surface area contributed by atoms with Gasteiger partial charge in [-0.1, -0.05) is 11.6 Å². The van der Waals surface area contributed by atoms with Crippen LogP contribution in [0.15, 0.2) is 33.4 Å². The average Bonchev–Trinajstić information content (AvgIpc) is 2.56. The highest BCUT2D eigenvalue weighted by molar-refractivity contribution is 9.10. The van der Waals surface area contributed by atoms with E-state index in [9.17, 15) is 0 Å². The van der Waals surface area contributed by atoms with Crippen LogP contribution < -0.4 is 5.73 Å². The molecule has 0 saturated carbocycles. The lowest BCUT2D eigenvalue weighted by Crippen LogP contribution is -1.88. The first-order valence-electron chi connectivity index (χ1n) is 3.95. The fourth-order valence-corrected chi connectivity index (χ4v) is 2.92. The molecule has 2 aromatic rings. The first-order chi connectivity index (χ1) is 6.68. The Morgan fingerprint density at radius 3 is 2.64 bits per heavy atom. The second-order valence-electron chi connectivity index (χ2n) is 2.86. The number of benzene rings is 1. The molecule has 1 aromatic heterocycles. The summed E-state index contributed by atoms with van der Waals surface area (Å²) in [5, 5.41) is 4.77. The third-order valence-electron chi connectivity index (χ3n) is 1.92. The predicted octanol–water partition coefficient (Wildman–Crippen LogP) is 4.41. The number of thiophene rings is 1. The topological polar surface area (TPSA) is 26.0 Å². The van der Waals surface area contributed by atoms with Gasteiger partial charge >= 0.3 is 0 Å². The summed E-state index contributed by atoms with van der Waals surface area (Å²) < 4.78 is 1.05. The van der Waals surface area contributed by atoms with Crippen molar-refractivity contribution in [2.24, 2.45) is 0 Å². The molecule has 4 heteroatoms. The van der Waals surface area contributed by atoms with Crippen LogP contribution in [0.25, 0.3) is 11.1 Å². The minimum absolute atomic E-state index is 0.701. The molecule has 0 radical (unpaired) electrons. The Bertz CT molecular complexity index is 467. The standard InChI is InChI=1S/C10H7BrClNS/c11-9-5-14-4-8(9)7-3-6(12)1-2-10(7)13/h1-5H,13H2. The summed E-state index contributed by atoms with van der Waals surface area (Å²) >= 11 is 11.0. The van der Waals surface area contributed by atoms with Crippen LogP contribution in [0, 0.1) is 0 Å². The van der Waals surface area contributed by atoms with E-state index < -0.39 is 0 Å². The van der Waals surface area contributed by atoms with Crippen molar-refractivity contribution in [3.05, 3.63) is 38.5 Å². The van der Waals surface area contributed by atoms with E-state index in [2.05, 4.69) is 15.9 Å². The minimum atomic E-state index is 0.701. The Balaban J connectivity index is 2.62. The van der Waals surface area contributed by atoms with Gasteiger partial charge in [-0.25, -0.2) is 0 Å². The van der Waals surface area contributed by atoms with Crippen LogP contribution in [0.4, 0.5) is 5.69 Å². The van der Waals surface area contributed by atoms with Crippen LogP contribution >= 0.6 is 38.9 Å². The quantitative estimate of drug-likeness (QED) is 0.773. The van der Waals surface area contributed by atoms with Crippen molar-refractivity contribution in [3.63, 3.8) is 0 Å². The molecule has 0 saturated heterocycles. The summed E-state index contributed by atoms with van der Waals surface area (Å²) in [6.45, 7) is 0. The molecule has 1 nitrogen and oxygen atoms in total. The zero-order chi connectivity index (χ0) is 10.1. The fourth-order valence-electron chi connectivity index (χ4n) is 1.24. The van der Waals surface area contributed by atoms with Crippen molar-refractivity contribution in [2.75, 3.05) is 5.73 Å². The van der Waals surface area contributed by atoms with E-state index in [-0.39, 0.29) is 0 Å². The first kappa shape index (κ1) is 10.0. The van der Waals surface area contributed by atoms with E-state index in [4.69, 9.17) is 17.3 Å². The van der Waals surface area contributed by atoms with Gasteiger partial charge in [0.1, 0.15) is 0 Å². The summed E-state index contributed by atoms with van der Waals surface area (Å²) in [5.41, 5.74) is 8.69. The maximum Gasteiger partial charge on any atom is 0.0413 e.